The Bertz CT molecular complexity index is 289. The fraction of sp³-hybridized carbons (Fsp3) is 0.500. The van der Waals surface area contributed by atoms with Crippen LogP contribution in [0.15, 0.2) is 5.03 Å². The highest BCUT2D eigenvalue weighted by molar-refractivity contribution is 7.99. The van der Waals surface area contributed by atoms with Crippen molar-refractivity contribution in [2.75, 3.05) is 5.75 Å². The summed E-state index contributed by atoms with van der Waals surface area (Å²) in [6, 6.07) is 0. The van der Waals surface area contributed by atoms with Gasteiger partial charge in [-0.05, 0) is 19.6 Å². The van der Waals surface area contributed by atoms with E-state index in [4.69, 9.17) is 11.6 Å². The molecule has 0 aliphatic heterocycles. The van der Waals surface area contributed by atoms with E-state index in [9.17, 15) is 0 Å². The number of rotatable bonds is 2. The number of hydrogen-bond acceptors (Lipinski definition) is 3. The molecule has 12 heavy (non-hydrogen) atoms. The van der Waals surface area contributed by atoms with E-state index in [2.05, 4.69) is 16.9 Å². The van der Waals surface area contributed by atoms with Crippen LogP contribution in [-0.2, 0) is 0 Å². The standard InChI is InChI=1S/C8H11ClN2S/c1-4-12-8-5(2)7(9)10-6(3)11-8/h4H2,1-3H3. The van der Waals surface area contributed by atoms with Crippen molar-refractivity contribution in [3.63, 3.8) is 0 Å². The number of aromatic nitrogens is 2. The second-order valence-electron chi connectivity index (χ2n) is 2.42. The van der Waals surface area contributed by atoms with Gasteiger partial charge in [0.15, 0.2) is 0 Å². The SMILES string of the molecule is CCSc1nc(C)nc(Cl)c1C. The fourth-order valence-corrected chi connectivity index (χ4v) is 1.90. The van der Waals surface area contributed by atoms with Gasteiger partial charge in [-0.3, -0.25) is 0 Å². The molecule has 0 aliphatic carbocycles. The van der Waals surface area contributed by atoms with E-state index in [0.29, 0.717) is 5.15 Å². The zero-order chi connectivity index (χ0) is 9.14. The van der Waals surface area contributed by atoms with Gasteiger partial charge in [0.25, 0.3) is 0 Å². The van der Waals surface area contributed by atoms with Crippen molar-refractivity contribution in [3.05, 3.63) is 16.5 Å². The lowest BCUT2D eigenvalue weighted by atomic mass is 10.4. The van der Waals surface area contributed by atoms with Gasteiger partial charge in [-0.25, -0.2) is 9.97 Å². The van der Waals surface area contributed by atoms with Crippen LogP contribution >= 0.6 is 23.4 Å². The number of aryl methyl sites for hydroxylation is 1. The average molecular weight is 203 g/mol. The molecule has 0 bridgehead atoms. The molecule has 66 valence electrons. The van der Waals surface area contributed by atoms with Gasteiger partial charge in [-0.2, -0.15) is 0 Å². The molecule has 2 nitrogen and oxygen atoms in total. The minimum atomic E-state index is 0.568. The molecule has 0 N–H and O–H groups in total. The molecule has 0 atom stereocenters. The first-order valence-corrected chi connectivity index (χ1v) is 5.15. The first-order chi connectivity index (χ1) is 5.65. The summed E-state index contributed by atoms with van der Waals surface area (Å²) >= 11 is 7.59. The molecule has 0 amide bonds. The Morgan fingerprint density at radius 3 is 2.58 bits per heavy atom. The lowest BCUT2D eigenvalue weighted by molar-refractivity contribution is 0.939. The van der Waals surface area contributed by atoms with E-state index < -0.39 is 0 Å². The Hall–Kier alpha value is -0.280. The summed E-state index contributed by atoms with van der Waals surface area (Å²) < 4.78 is 0. The molecule has 0 spiro atoms. The summed E-state index contributed by atoms with van der Waals surface area (Å²) in [5.41, 5.74) is 0.981. The Kier molecular flexibility index (Phi) is 3.35. The van der Waals surface area contributed by atoms with Gasteiger partial charge in [0.05, 0.1) is 0 Å². The number of halogens is 1. The van der Waals surface area contributed by atoms with Crippen molar-refractivity contribution >= 4 is 23.4 Å². The molecule has 0 aliphatic rings. The summed E-state index contributed by atoms with van der Waals surface area (Å²) in [6.07, 6.45) is 0. The van der Waals surface area contributed by atoms with Gasteiger partial charge >= 0.3 is 0 Å². The lowest BCUT2D eigenvalue weighted by Gasteiger charge is -2.04. The van der Waals surface area contributed by atoms with Gasteiger partial charge < -0.3 is 0 Å². The first kappa shape index (κ1) is 9.81. The van der Waals surface area contributed by atoms with Crippen molar-refractivity contribution in [1.29, 1.82) is 0 Å². The zero-order valence-corrected chi connectivity index (χ0v) is 8.96. The second kappa shape index (κ2) is 4.10. The van der Waals surface area contributed by atoms with Crippen LogP contribution in [0.1, 0.15) is 18.3 Å². The van der Waals surface area contributed by atoms with Crippen LogP contribution < -0.4 is 0 Å². The van der Waals surface area contributed by atoms with Gasteiger partial charge in [-0.1, -0.05) is 18.5 Å². The second-order valence-corrected chi connectivity index (χ2v) is 4.04. The van der Waals surface area contributed by atoms with E-state index in [1.165, 1.54) is 0 Å². The van der Waals surface area contributed by atoms with Crippen LogP contribution in [0, 0.1) is 13.8 Å². The minimum absolute atomic E-state index is 0.568. The molecule has 0 radical (unpaired) electrons. The monoisotopic (exact) mass is 202 g/mol. The number of hydrogen-bond donors (Lipinski definition) is 0. The van der Waals surface area contributed by atoms with E-state index in [-0.39, 0.29) is 0 Å². The molecule has 1 aromatic heterocycles. The maximum atomic E-state index is 5.89. The Balaban J connectivity index is 3.09. The van der Waals surface area contributed by atoms with Crippen molar-refractivity contribution in [3.8, 4) is 0 Å². The maximum Gasteiger partial charge on any atom is 0.136 e. The van der Waals surface area contributed by atoms with Gasteiger partial charge in [0.1, 0.15) is 16.0 Å². The predicted molar refractivity (Wildman–Crippen MR) is 52.9 cm³/mol. The van der Waals surface area contributed by atoms with Crippen LogP contribution in [0.3, 0.4) is 0 Å². The average Bonchev–Trinajstić information content (AvgIpc) is 2.00. The van der Waals surface area contributed by atoms with E-state index >= 15 is 0 Å². The molecular formula is C8H11ClN2S. The highest BCUT2D eigenvalue weighted by Gasteiger charge is 2.06. The van der Waals surface area contributed by atoms with E-state index in [1.54, 1.807) is 11.8 Å². The van der Waals surface area contributed by atoms with Crippen LogP contribution in [0.5, 0.6) is 0 Å². The summed E-state index contributed by atoms with van der Waals surface area (Å²) in [4.78, 5) is 8.35. The maximum absolute atomic E-state index is 5.89. The molecule has 0 aromatic carbocycles. The van der Waals surface area contributed by atoms with Crippen LogP contribution in [-0.4, -0.2) is 15.7 Å². The molecule has 0 saturated heterocycles. The highest BCUT2D eigenvalue weighted by atomic mass is 35.5. The molecular weight excluding hydrogens is 192 g/mol. The van der Waals surface area contributed by atoms with Crippen LogP contribution in [0.4, 0.5) is 0 Å². The van der Waals surface area contributed by atoms with E-state index in [1.807, 2.05) is 13.8 Å². The minimum Gasteiger partial charge on any atom is -0.227 e. The molecule has 0 fully saturated rings. The summed E-state index contributed by atoms with van der Waals surface area (Å²) in [7, 11) is 0. The third-order valence-corrected chi connectivity index (χ3v) is 2.76. The van der Waals surface area contributed by atoms with E-state index in [0.717, 1.165) is 22.2 Å². The number of nitrogens with zero attached hydrogens (tertiary/aromatic N) is 2. The van der Waals surface area contributed by atoms with Crippen LogP contribution in [0.2, 0.25) is 5.15 Å². The topological polar surface area (TPSA) is 25.8 Å². The summed E-state index contributed by atoms with van der Waals surface area (Å²) in [5.74, 6) is 1.75. The van der Waals surface area contributed by atoms with Crippen molar-refractivity contribution < 1.29 is 0 Å². The largest absolute Gasteiger partial charge is 0.227 e. The predicted octanol–water partition coefficient (Wildman–Crippen LogP) is 2.86. The third kappa shape index (κ3) is 2.11. The molecule has 1 rings (SSSR count). The van der Waals surface area contributed by atoms with Gasteiger partial charge in [0, 0.05) is 5.56 Å². The van der Waals surface area contributed by atoms with Crippen molar-refractivity contribution in [1.82, 2.24) is 9.97 Å². The van der Waals surface area contributed by atoms with Crippen LogP contribution in [0.25, 0.3) is 0 Å². The zero-order valence-electron chi connectivity index (χ0n) is 7.39. The first-order valence-electron chi connectivity index (χ1n) is 3.78. The normalized spacial score (nSPS) is 10.3. The fourth-order valence-electron chi connectivity index (χ4n) is 0.847. The summed E-state index contributed by atoms with van der Waals surface area (Å²) in [6.45, 7) is 5.89. The Morgan fingerprint density at radius 2 is 2.00 bits per heavy atom. The quantitative estimate of drug-likeness (QED) is 0.545. The summed E-state index contributed by atoms with van der Waals surface area (Å²) in [5, 5.41) is 1.56. The lowest BCUT2D eigenvalue weighted by Crippen LogP contribution is -1.95. The number of thioether (sulfide) groups is 1. The van der Waals surface area contributed by atoms with Crippen molar-refractivity contribution in [2.24, 2.45) is 0 Å². The molecule has 1 aromatic rings. The molecule has 4 heteroatoms. The van der Waals surface area contributed by atoms with Crippen molar-refractivity contribution in [2.45, 2.75) is 25.8 Å². The Labute approximate surface area is 81.8 Å². The van der Waals surface area contributed by atoms with Gasteiger partial charge in [-0.15, -0.1) is 11.8 Å². The molecule has 0 saturated carbocycles. The smallest absolute Gasteiger partial charge is 0.136 e. The Morgan fingerprint density at radius 1 is 1.33 bits per heavy atom. The molecule has 1 heterocycles. The highest BCUT2D eigenvalue weighted by Crippen LogP contribution is 2.24. The molecule has 0 unspecified atom stereocenters. The third-order valence-electron chi connectivity index (χ3n) is 1.43. The van der Waals surface area contributed by atoms with Gasteiger partial charge in [0.2, 0.25) is 0 Å².